The van der Waals surface area contributed by atoms with E-state index in [1.807, 2.05) is 30.8 Å². The molecule has 4 rings (SSSR count). The second-order valence-electron chi connectivity index (χ2n) is 7.09. The Kier molecular flexibility index (Phi) is 7.86. The fraction of sp³-hybridized carbons (Fsp3) is 0.261. The summed E-state index contributed by atoms with van der Waals surface area (Å²) in [6.07, 6.45) is 6.86. The van der Waals surface area contributed by atoms with Crippen molar-refractivity contribution < 1.29 is 4.79 Å². The molecular weight excluding hydrogens is 438 g/mol. The van der Waals surface area contributed by atoms with Crippen LogP contribution in [0.25, 0.3) is 21.3 Å². The van der Waals surface area contributed by atoms with Gasteiger partial charge in [-0.1, -0.05) is 12.6 Å². The number of aromatic nitrogens is 5. The fourth-order valence-corrected chi connectivity index (χ4v) is 4.53. The van der Waals surface area contributed by atoms with E-state index in [2.05, 4.69) is 27.7 Å². The summed E-state index contributed by atoms with van der Waals surface area (Å²) in [4.78, 5) is 33.0. The molecule has 0 saturated heterocycles. The van der Waals surface area contributed by atoms with Crippen LogP contribution in [0.4, 0.5) is 0 Å². The number of allylic oxidation sites excluding steroid dienone is 2. The topological polar surface area (TPSA) is 121 Å². The largest absolute Gasteiger partial charge is 0.391 e. The number of aryl methyl sites for hydroxylation is 1. The number of aldehydes is 1. The van der Waals surface area contributed by atoms with Crippen molar-refractivity contribution in [2.24, 2.45) is 12.8 Å². The number of rotatable bonds is 8. The summed E-state index contributed by atoms with van der Waals surface area (Å²) < 4.78 is 4.11. The Labute approximate surface area is 195 Å². The fourth-order valence-electron chi connectivity index (χ4n) is 3.37. The number of carbonyl (C=O) groups is 1. The Morgan fingerprint density at radius 1 is 1.30 bits per heavy atom. The molecule has 3 N–H and O–H groups in total. The molecule has 4 aromatic rings. The number of nitrogens with zero attached hydrogens (tertiary/aromatic N) is 5. The predicted octanol–water partition coefficient (Wildman–Crippen LogP) is 2.40. The van der Waals surface area contributed by atoms with E-state index in [1.54, 1.807) is 35.7 Å². The van der Waals surface area contributed by atoms with E-state index in [1.165, 1.54) is 11.7 Å². The average molecular weight is 466 g/mol. The van der Waals surface area contributed by atoms with Crippen molar-refractivity contribution in [1.29, 1.82) is 0 Å². The van der Waals surface area contributed by atoms with Crippen LogP contribution in [0.2, 0.25) is 0 Å². The number of hydrogen-bond donors (Lipinski definition) is 2. The summed E-state index contributed by atoms with van der Waals surface area (Å²) >= 11 is 1.55. The highest BCUT2D eigenvalue weighted by Crippen LogP contribution is 2.31. The van der Waals surface area contributed by atoms with Gasteiger partial charge in [0.15, 0.2) is 11.9 Å². The van der Waals surface area contributed by atoms with Crippen molar-refractivity contribution >= 4 is 38.9 Å². The number of thiazole rings is 1. The Hall–Kier alpha value is -3.63. The molecule has 10 heteroatoms. The van der Waals surface area contributed by atoms with Crippen molar-refractivity contribution in [1.82, 2.24) is 29.6 Å². The van der Waals surface area contributed by atoms with Crippen LogP contribution in [0.1, 0.15) is 28.1 Å². The molecule has 9 nitrogen and oxygen atoms in total. The number of hydrogen-bond acceptors (Lipinski definition) is 8. The maximum absolute atomic E-state index is 13.1. The van der Waals surface area contributed by atoms with E-state index in [4.69, 9.17) is 4.98 Å². The van der Waals surface area contributed by atoms with Crippen molar-refractivity contribution in [3.05, 3.63) is 75.6 Å². The van der Waals surface area contributed by atoms with Crippen molar-refractivity contribution in [2.45, 2.75) is 19.9 Å². The maximum Gasteiger partial charge on any atom is 0.291 e. The van der Waals surface area contributed by atoms with Gasteiger partial charge in [-0.2, -0.15) is 5.10 Å². The van der Waals surface area contributed by atoms with Gasteiger partial charge in [-0.3, -0.25) is 9.59 Å². The molecule has 4 heterocycles. The van der Waals surface area contributed by atoms with E-state index >= 15 is 0 Å². The van der Waals surface area contributed by atoms with Crippen LogP contribution in [0.15, 0.2) is 53.6 Å². The zero-order valence-corrected chi connectivity index (χ0v) is 19.7. The van der Waals surface area contributed by atoms with Gasteiger partial charge in [0.1, 0.15) is 16.2 Å². The van der Waals surface area contributed by atoms with Crippen LogP contribution in [-0.4, -0.2) is 44.2 Å². The zero-order valence-electron chi connectivity index (χ0n) is 18.9. The minimum atomic E-state index is -0.219. The summed E-state index contributed by atoms with van der Waals surface area (Å²) in [5, 5.41) is 9.19. The monoisotopic (exact) mass is 465 g/mol. The molecule has 0 spiro atoms. The summed E-state index contributed by atoms with van der Waals surface area (Å²) in [7, 11) is 3.34. The first-order valence-corrected chi connectivity index (χ1v) is 11.2. The Morgan fingerprint density at radius 2 is 2.09 bits per heavy atom. The molecule has 172 valence electrons. The minimum absolute atomic E-state index is 0.186. The molecule has 0 aliphatic heterocycles. The number of carbonyl (C=O) groups excluding carboxylic acids is 1. The zero-order chi connectivity index (χ0) is 24.0. The quantitative estimate of drug-likeness (QED) is 0.303. The van der Waals surface area contributed by atoms with Crippen molar-refractivity contribution in [2.75, 3.05) is 13.6 Å². The van der Waals surface area contributed by atoms with E-state index in [0.717, 1.165) is 32.9 Å². The second kappa shape index (κ2) is 10.8. The van der Waals surface area contributed by atoms with Gasteiger partial charge in [-0.15, -0.1) is 11.3 Å². The number of fused-ring (bicyclic) bond motifs is 3. The Morgan fingerprint density at radius 3 is 2.82 bits per heavy atom. The number of pyridine rings is 1. The molecule has 0 unspecified atom stereocenters. The summed E-state index contributed by atoms with van der Waals surface area (Å²) in [5.74, 6) is 0. The van der Waals surface area contributed by atoms with Crippen LogP contribution in [0.3, 0.4) is 0 Å². The number of nitrogens with one attached hydrogen (secondary N) is 1. The van der Waals surface area contributed by atoms with Gasteiger partial charge in [0, 0.05) is 25.4 Å². The van der Waals surface area contributed by atoms with E-state index in [-0.39, 0.29) is 12.1 Å². The molecule has 0 radical (unpaired) electrons. The van der Waals surface area contributed by atoms with Gasteiger partial charge in [-0.05, 0) is 44.0 Å². The summed E-state index contributed by atoms with van der Waals surface area (Å²) in [6, 6.07) is 5.12. The van der Waals surface area contributed by atoms with Gasteiger partial charge in [0.05, 0.1) is 23.1 Å². The van der Waals surface area contributed by atoms with E-state index in [9.17, 15) is 9.59 Å². The van der Waals surface area contributed by atoms with Crippen molar-refractivity contribution in [3.63, 3.8) is 0 Å². The Bertz CT molecular complexity index is 1380. The van der Waals surface area contributed by atoms with Crippen LogP contribution >= 0.6 is 11.3 Å². The van der Waals surface area contributed by atoms with Crippen molar-refractivity contribution in [3.8, 4) is 0 Å². The maximum atomic E-state index is 13.1. The van der Waals surface area contributed by atoms with Gasteiger partial charge >= 0.3 is 0 Å². The first-order chi connectivity index (χ1) is 16.0. The third-order valence-corrected chi connectivity index (χ3v) is 5.93. The molecule has 0 bridgehead atoms. The summed E-state index contributed by atoms with van der Waals surface area (Å²) in [5.41, 5.74) is 7.46. The molecule has 0 fully saturated rings. The lowest BCUT2D eigenvalue weighted by Gasteiger charge is -2.05. The molecule has 0 amide bonds. The highest BCUT2D eigenvalue weighted by molar-refractivity contribution is 7.19. The van der Waals surface area contributed by atoms with E-state index < -0.39 is 0 Å². The standard InChI is InChI=1S/C22H22N6O2S.CH5N/c1-4-23-9-8-14(2)10-18-26-21-20(31-18)17-11-24-28(22(30)19(17)27(21)3)12-15-6-5-7-16(13-29)25-15;1-2/h5-9,11,13,23H,2,4,10,12H2,1,3H3;2H2,1H3/b9-8-;. The first-order valence-electron chi connectivity index (χ1n) is 10.4. The molecule has 0 saturated carbocycles. The first kappa shape index (κ1) is 24.0. The summed E-state index contributed by atoms with van der Waals surface area (Å²) in [6.45, 7) is 7.16. The second-order valence-corrected chi connectivity index (χ2v) is 8.17. The van der Waals surface area contributed by atoms with Gasteiger partial charge in [-0.25, -0.2) is 14.6 Å². The smallest absolute Gasteiger partial charge is 0.291 e. The Balaban J connectivity index is 0.00000149. The van der Waals surface area contributed by atoms with Gasteiger partial charge in [0.25, 0.3) is 5.56 Å². The third kappa shape index (κ3) is 5.07. The lowest BCUT2D eigenvalue weighted by molar-refractivity contribution is 0.111. The molecule has 0 aliphatic rings. The van der Waals surface area contributed by atoms with Crippen LogP contribution < -0.4 is 16.6 Å². The highest BCUT2D eigenvalue weighted by atomic mass is 32.1. The van der Waals surface area contributed by atoms with Crippen LogP contribution in [-0.2, 0) is 20.0 Å². The van der Waals surface area contributed by atoms with Crippen LogP contribution in [0, 0.1) is 0 Å². The average Bonchev–Trinajstić information content (AvgIpc) is 3.35. The normalized spacial score (nSPS) is 11.0. The van der Waals surface area contributed by atoms with Gasteiger partial charge < -0.3 is 15.6 Å². The molecule has 0 aliphatic carbocycles. The lowest BCUT2D eigenvalue weighted by Crippen LogP contribution is -2.25. The molecular formula is C23H27N7O2S. The lowest BCUT2D eigenvalue weighted by atomic mass is 10.2. The molecule has 0 atom stereocenters. The number of nitrogens with two attached hydrogens (primary N) is 1. The molecule has 33 heavy (non-hydrogen) atoms. The SMILES string of the molecule is C=C(/C=C\NCC)Cc1nc2c(s1)c1cnn(Cc3cccc(C=O)n3)c(=O)c1n2C.CN. The highest BCUT2D eigenvalue weighted by Gasteiger charge is 2.18. The van der Waals surface area contributed by atoms with Crippen LogP contribution in [0.5, 0.6) is 0 Å². The minimum Gasteiger partial charge on any atom is -0.391 e. The van der Waals surface area contributed by atoms with Gasteiger partial charge in [0.2, 0.25) is 0 Å². The molecule has 0 aromatic carbocycles. The molecule has 4 aromatic heterocycles. The van der Waals surface area contributed by atoms with E-state index in [0.29, 0.717) is 29.6 Å². The predicted molar refractivity (Wildman–Crippen MR) is 133 cm³/mol. The third-order valence-electron chi connectivity index (χ3n) is 4.85.